The maximum atomic E-state index is 11.9. The van der Waals surface area contributed by atoms with Crippen molar-refractivity contribution in [3.05, 3.63) is 17.1 Å². The van der Waals surface area contributed by atoms with E-state index in [4.69, 9.17) is 4.74 Å². The predicted octanol–water partition coefficient (Wildman–Crippen LogP) is -0.309. The van der Waals surface area contributed by atoms with Gasteiger partial charge >= 0.3 is 0 Å². The molecular formula is C10H10N2O4. The third-order valence-corrected chi connectivity index (χ3v) is 3.42. The Kier molecular flexibility index (Phi) is 1.94. The van der Waals surface area contributed by atoms with Gasteiger partial charge in [0.1, 0.15) is 0 Å². The van der Waals surface area contributed by atoms with Crippen LogP contribution in [0.15, 0.2) is 17.3 Å². The first-order valence-electron chi connectivity index (χ1n) is 5.22. The maximum Gasteiger partial charge on any atom is 0.236 e. The van der Waals surface area contributed by atoms with Crippen LogP contribution in [0.4, 0.5) is 0 Å². The van der Waals surface area contributed by atoms with Gasteiger partial charge in [-0.3, -0.25) is 14.5 Å². The van der Waals surface area contributed by atoms with Crippen LogP contribution in [0.5, 0.6) is 0 Å². The van der Waals surface area contributed by atoms with Crippen molar-refractivity contribution in [3.63, 3.8) is 0 Å². The minimum Gasteiger partial charge on any atom is -0.365 e. The first kappa shape index (κ1) is 9.65. The molecule has 3 aliphatic rings. The van der Waals surface area contributed by atoms with E-state index in [0.29, 0.717) is 0 Å². The summed E-state index contributed by atoms with van der Waals surface area (Å²) in [6.45, 7) is 0.0497. The second-order valence-corrected chi connectivity index (χ2v) is 4.18. The Morgan fingerprint density at radius 2 is 1.75 bits per heavy atom. The molecule has 4 atom stereocenters. The highest BCUT2D eigenvalue weighted by molar-refractivity contribution is 6.06. The zero-order valence-electron chi connectivity index (χ0n) is 8.41. The van der Waals surface area contributed by atoms with Crippen molar-refractivity contribution in [3.8, 4) is 0 Å². The SMILES string of the molecule is O=NCCN1C(=O)C2C3C=CC(O3)C2C1=O. The molecule has 0 aromatic heterocycles. The van der Waals surface area contributed by atoms with Crippen LogP contribution in [-0.4, -0.2) is 42.0 Å². The molecule has 0 aromatic carbocycles. The molecule has 0 saturated carbocycles. The number of ether oxygens (including phenoxy) is 1. The lowest BCUT2D eigenvalue weighted by Crippen LogP contribution is -2.36. The molecule has 6 nitrogen and oxygen atoms in total. The van der Waals surface area contributed by atoms with Crippen LogP contribution in [0.25, 0.3) is 0 Å². The molecule has 2 saturated heterocycles. The lowest BCUT2D eigenvalue weighted by molar-refractivity contribution is -0.142. The molecule has 6 heteroatoms. The Balaban J connectivity index is 1.86. The number of nitroso groups, excluding NO2 is 1. The number of fused-ring (bicyclic) bond motifs is 5. The fourth-order valence-corrected chi connectivity index (χ4v) is 2.73. The fourth-order valence-electron chi connectivity index (χ4n) is 2.73. The molecule has 0 spiro atoms. The average molecular weight is 222 g/mol. The van der Waals surface area contributed by atoms with Crippen molar-refractivity contribution >= 4 is 11.8 Å². The number of likely N-dealkylation sites (tertiary alicyclic amines) is 1. The van der Waals surface area contributed by atoms with Crippen LogP contribution in [0.2, 0.25) is 0 Å². The molecule has 3 heterocycles. The topological polar surface area (TPSA) is 76.0 Å². The highest BCUT2D eigenvalue weighted by atomic mass is 16.5. The molecule has 0 aliphatic carbocycles. The van der Waals surface area contributed by atoms with E-state index in [9.17, 15) is 14.5 Å². The summed E-state index contributed by atoms with van der Waals surface area (Å²) in [6, 6.07) is 0. The van der Waals surface area contributed by atoms with E-state index in [1.165, 1.54) is 0 Å². The van der Waals surface area contributed by atoms with Crippen molar-refractivity contribution in [1.82, 2.24) is 4.90 Å². The van der Waals surface area contributed by atoms with Crippen molar-refractivity contribution in [1.29, 1.82) is 0 Å². The van der Waals surface area contributed by atoms with Crippen LogP contribution < -0.4 is 0 Å². The van der Waals surface area contributed by atoms with E-state index in [-0.39, 0.29) is 48.9 Å². The van der Waals surface area contributed by atoms with E-state index in [1.54, 1.807) is 0 Å². The van der Waals surface area contributed by atoms with E-state index in [1.807, 2.05) is 12.2 Å². The van der Waals surface area contributed by atoms with Crippen LogP contribution in [0.3, 0.4) is 0 Å². The summed E-state index contributed by atoms with van der Waals surface area (Å²) in [4.78, 5) is 35.1. The van der Waals surface area contributed by atoms with Crippen molar-refractivity contribution in [2.75, 3.05) is 13.1 Å². The highest BCUT2D eigenvalue weighted by Crippen LogP contribution is 2.44. The summed E-state index contributed by atoms with van der Waals surface area (Å²) in [5.74, 6) is -1.21. The van der Waals surface area contributed by atoms with E-state index in [2.05, 4.69) is 5.18 Å². The molecule has 0 radical (unpaired) electrons. The Hall–Kier alpha value is -1.56. The molecule has 0 aromatic rings. The zero-order chi connectivity index (χ0) is 11.3. The number of carbonyl (C=O) groups excluding carboxylic acids is 2. The lowest BCUT2D eigenvalue weighted by atomic mass is 9.85. The molecular weight excluding hydrogens is 212 g/mol. The molecule has 84 valence electrons. The molecule has 16 heavy (non-hydrogen) atoms. The molecule has 4 unspecified atom stereocenters. The Morgan fingerprint density at radius 3 is 2.25 bits per heavy atom. The number of amides is 2. The quantitative estimate of drug-likeness (QED) is 0.373. The van der Waals surface area contributed by atoms with Gasteiger partial charge in [-0.05, 0) is 0 Å². The second-order valence-electron chi connectivity index (χ2n) is 4.18. The number of hydrogen-bond donors (Lipinski definition) is 0. The highest BCUT2D eigenvalue weighted by Gasteiger charge is 2.60. The van der Waals surface area contributed by atoms with Gasteiger partial charge in [-0.2, -0.15) is 4.91 Å². The van der Waals surface area contributed by atoms with Gasteiger partial charge in [0.15, 0.2) is 0 Å². The number of nitrogens with zero attached hydrogens (tertiary/aromatic N) is 2. The van der Waals surface area contributed by atoms with Crippen LogP contribution in [0.1, 0.15) is 0 Å². The van der Waals surface area contributed by atoms with Crippen LogP contribution >= 0.6 is 0 Å². The molecule has 3 aliphatic heterocycles. The van der Waals surface area contributed by atoms with Gasteiger partial charge in [-0.1, -0.05) is 17.3 Å². The molecule has 3 rings (SSSR count). The zero-order valence-corrected chi connectivity index (χ0v) is 8.41. The van der Waals surface area contributed by atoms with Crippen molar-refractivity contribution in [2.45, 2.75) is 12.2 Å². The minimum atomic E-state index is -0.380. The summed E-state index contributed by atoms with van der Waals surface area (Å²) in [5.41, 5.74) is 0. The van der Waals surface area contributed by atoms with E-state index < -0.39 is 0 Å². The maximum absolute atomic E-state index is 11.9. The summed E-state index contributed by atoms with van der Waals surface area (Å²) < 4.78 is 5.47. The van der Waals surface area contributed by atoms with Crippen LogP contribution in [-0.2, 0) is 14.3 Å². The number of imide groups is 1. The minimum absolute atomic E-state index is 0.0411. The Labute approximate surface area is 91.2 Å². The van der Waals surface area contributed by atoms with Crippen LogP contribution in [0, 0.1) is 16.7 Å². The Morgan fingerprint density at radius 1 is 1.19 bits per heavy atom. The Bertz CT molecular complexity index is 376. The first-order chi connectivity index (χ1) is 7.74. The fraction of sp³-hybridized carbons (Fsp3) is 0.600. The van der Waals surface area contributed by atoms with Crippen molar-refractivity contribution < 1.29 is 14.3 Å². The normalized spacial score (nSPS) is 39.6. The smallest absolute Gasteiger partial charge is 0.236 e. The van der Waals surface area contributed by atoms with E-state index in [0.717, 1.165) is 4.90 Å². The number of hydrogen-bond acceptors (Lipinski definition) is 5. The summed E-state index contributed by atoms with van der Waals surface area (Å²) >= 11 is 0. The van der Waals surface area contributed by atoms with Gasteiger partial charge in [0.2, 0.25) is 11.8 Å². The summed E-state index contributed by atoms with van der Waals surface area (Å²) in [5, 5.41) is 2.67. The lowest BCUT2D eigenvalue weighted by Gasteiger charge is -2.15. The first-order valence-corrected chi connectivity index (χ1v) is 5.22. The largest absolute Gasteiger partial charge is 0.365 e. The summed E-state index contributed by atoms with van der Waals surface area (Å²) in [7, 11) is 0. The van der Waals surface area contributed by atoms with Crippen molar-refractivity contribution in [2.24, 2.45) is 17.0 Å². The standard InChI is InChI=1S/C10H10N2O4/c13-9-7-5-1-2-6(16-5)8(7)10(14)12(9)4-3-11-15/h1-2,5-8H,3-4H2. The monoisotopic (exact) mass is 222 g/mol. The van der Waals surface area contributed by atoms with E-state index >= 15 is 0 Å². The van der Waals surface area contributed by atoms with Gasteiger partial charge in [-0.15, -0.1) is 0 Å². The van der Waals surface area contributed by atoms with Gasteiger partial charge in [0.25, 0.3) is 0 Å². The molecule has 2 amide bonds. The molecule has 2 bridgehead atoms. The van der Waals surface area contributed by atoms with Gasteiger partial charge < -0.3 is 4.74 Å². The summed E-state index contributed by atoms with van der Waals surface area (Å²) in [6.07, 6.45) is 3.14. The second kappa shape index (κ2) is 3.21. The molecule has 0 N–H and O–H groups in total. The molecule has 2 fully saturated rings. The van der Waals surface area contributed by atoms with Gasteiger partial charge in [0.05, 0.1) is 37.1 Å². The number of carbonyl (C=O) groups is 2. The third kappa shape index (κ3) is 1.05. The number of rotatable bonds is 3. The average Bonchev–Trinajstić information content (AvgIpc) is 2.92. The third-order valence-electron chi connectivity index (χ3n) is 3.42. The van der Waals surface area contributed by atoms with Gasteiger partial charge in [0, 0.05) is 0 Å². The predicted molar refractivity (Wildman–Crippen MR) is 52.2 cm³/mol. The van der Waals surface area contributed by atoms with Gasteiger partial charge in [-0.25, -0.2) is 0 Å².